The summed E-state index contributed by atoms with van der Waals surface area (Å²) in [5.41, 5.74) is 1.82. The number of benzene rings is 1. The highest BCUT2D eigenvalue weighted by Crippen LogP contribution is 2.27. The molecule has 0 aliphatic rings. The number of aryl methyl sites for hydroxylation is 1. The summed E-state index contributed by atoms with van der Waals surface area (Å²) < 4.78 is 0. The second-order valence-corrected chi connectivity index (χ2v) is 5.99. The van der Waals surface area contributed by atoms with Gasteiger partial charge in [0.05, 0.1) is 6.04 Å². The molecule has 1 aromatic carbocycles. The lowest BCUT2D eigenvalue weighted by molar-refractivity contribution is -0.114. The number of carbonyl (C=O) groups excluding carboxylic acids is 1. The van der Waals surface area contributed by atoms with Crippen LogP contribution in [0.1, 0.15) is 36.6 Å². The van der Waals surface area contributed by atoms with Gasteiger partial charge in [0.1, 0.15) is 0 Å². The minimum absolute atomic E-state index is 0.0546. The third-order valence-electron chi connectivity index (χ3n) is 3.02. The van der Waals surface area contributed by atoms with Gasteiger partial charge in [0.25, 0.3) is 0 Å². The molecule has 0 bridgehead atoms. The Labute approximate surface area is 124 Å². The van der Waals surface area contributed by atoms with E-state index in [1.54, 1.807) is 0 Å². The van der Waals surface area contributed by atoms with E-state index in [-0.39, 0.29) is 11.9 Å². The van der Waals surface area contributed by atoms with Crippen LogP contribution in [-0.2, 0) is 11.2 Å². The fourth-order valence-electron chi connectivity index (χ4n) is 2.03. The van der Waals surface area contributed by atoms with Crippen LogP contribution in [0, 0.1) is 0 Å². The Morgan fingerprint density at radius 2 is 2.00 bits per heavy atom. The zero-order chi connectivity index (χ0) is 14.5. The van der Waals surface area contributed by atoms with E-state index >= 15 is 0 Å². The maximum atomic E-state index is 11.1. The fourth-order valence-corrected chi connectivity index (χ4v) is 2.98. The Kier molecular flexibility index (Phi) is 4.79. The van der Waals surface area contributed by atoms with Crippen molar-refractivity contribution in [2.24, 2.45) is 0 Å². The van der Waals surface area contributed by atoms with E-state index in [1.165, 1.54) is 16.7 Å². The Morgan fingerprint density at radius 3 is 2.65 bits per heavy atom. The van der Waals surface area contributed by atoms with Crippen LogP contribution >= 0.6 is 11.3 Å². The standard InChI is InChI=1S/C16H20N2OS/c1-4-15-8-9-16(20-15)11(2)17-13-6-5-7-14(10-13)18-12(3)19/h5-11,17H,4H2,1-3H3,(H,18,19). The molecule has 0 radical (unpaired) electrons. The molecular formula is C16H20N2OS. The molecule has 0 saturated carbocycles. The smallest absolute Gasteiger partial charge is 0.221 e. The lowest BCUT2D eigenvalue weighted by atomic mass is 10.2. The van der Waals surface area contributed by atoms with Crippen LogP contribution in [0.25, 0.3) is 0 Å². The maximum absolute atomic E-state index is 11.1. The molecule has 1 heterocycles. The predicted octanol–water partition coefficient (Wildman–Crippen LogP) is 4.44. The lowest BCUT2D eigenvalue weighted by Crippen LogP contribution is -2.08. The number of anilines is 2. The summed E-state index contributed by atoms with van der Waals surface area (Å²) in [5, 5.41) is 6.26. The van der Waals surface area contributed by atoms with Gasteiger partial charge in [-0.15, -0.1) is 11.3 Å². The van der Waals surface area contributed by atoms with E-state index in [9.17, 15) is 4.79 Å². The molecule has 1 atom stereocenters. The van der Waals surface area contributed by atoms with Crippen LogP contribution in [0.15, 0.2) is 36.4 Å². The van der Waals surface area contributed by atoms with Crippen molar-refractivity contribution in [3.8, 4) is 0 Å². The van der Waals surface area contributed by atoms with Crippen LogP contribution in [0.4, 0.5) is 11.4 Å². The summed E-state index contributed by atoms with van der Waals surface area (Å²) >= 11 is 1.84. The van der Waals surface area contributed by atoms with Crippen molar-refractivity contribution in [1.29, 1.82) is 0 Å². The van der Waals surface area contributed by atoms with E-state index in [0.717, 1.165) is 17.8 Å². The van der Waals surface area contributed by atoms with Gasteiger partial charge in [0, 0.05) is 28.1 Å². The van der Waals surface area contributed by atoms with Crippen LogP contribution in [0.2, 0.25) is 0 Å². The van der Waals surface area contributed by atoms with Crippen LogP contribution in [0.5, 0.6) is 0 Å². The molecular weight excluding hydrogens is 268 g/mol. The molecule has 106 valence electrons. The molecule has 0 aliphatic carbocycles. The Morgan fingerprint density at radius 1 is 1.25 bits per heavy atom. The SMILES string of the molecule is CCc1ccc(C(C)Nc2cccc(NC(C)=O)c2)s1. The summed E-state index contributed by atoms with van der Waals surface area (Å²) in [4.78, 5) is 13.8. The van der Waals surface area contributed by atoms with Gasteiger partial charge in [-0.05, 0) is 43.7 Å². The predicted molar refractivity (Wildman–Crippen MR) is 86.5 cm³/mol. The summed E-state index contributed by atoms with van der Waals surface area (Å²) in [7, 11) is 0. The lowest BCUT2D eigenvalue weighted by Gasteiger charge is -2.14. The largest absolute Gasteiger partial charge is 0.378 e. The average molecular weight is 288 g/mol. The highest BCUT2D eigenvalue weighted by Gasteiger charge is 2.08. The van der Waals surface area contributed by atoms with E-state index in [0.29, 0.717) is 0 Å². The van der Waals surface area contributed by atoms with Gasteiger partial charge in [-0.25, -0.2) is 0 Å². The van der Waals surface area contributed by atoms with Gasteiger partial charge in [-0.3, -0.25) is 4.79 Å². The molecule has 20 heavy (non-hydrogen) atoms. The van der Waals surface area contributed by atoms with Crippen LogP contribution in [0.3, 0.4) is 0 Å². The molecule has 0 aliphatic heterocycles. The summed E-state index contributed by atoms with van der Waals surface area (Å²) in [6.07, 6.45) is 1.08. The molecule has 1 aromatic heterocycles. The van der Waals surface area contributed by atoms with Gasteiger partial charge >= 0.3 is 0 Å². The summed E-state index contributed by atoms with van der Waals surface area (Å²) in [6, 6.07) is 12.4. The Bertz CT molecular complexity index is 592. The molecule has 0 spiro atoms. The number of amides is 1. The van der Waals surface area contributed by atoms with Gasteiger partial charge < -0.3 is 10.6 Å². The zero-order valence-corrected chi connectivity index (χ0v) is 12.9. The van der Waals surface area contributed by atoms with Gasteiger partial charge in [-0.2, -0.15) is 0 Å². The first-order valence-corrected chi connectivity index (χ1v) is 7.63. The van der Waals surface area contributed by atoms with Gasteiger partial charge in [0.2, 0.25) is 5.91 Å². The average Bonchev–Trinajstić information content (AvgIpc) is 2.87. The first-order chi connectivity index (χ1) is 9.58. The molecule has 4 heteroatoms. The molecule has 0 saturated heterocycles. The molecule has 3 nitrogen and oxygen atoms in total. The molecule has 0 fully saturated rings. The fraction of sp³-hybridized carbons (Fsp3) is 0.312. The number of carbonyl (C=O) groups is 1. The number of thiophene rings is 1. The third kappa shape index (κ3) is 3.84. The monoisotopic (exact) mass is 288 g/mol. The first kappa shape index (κ1) is 14.6. The van der Waals surface area contributed by atoms with Crippen molar-refractivity contribution >= 4 is 28.6 Å². The molecule has 1 unspecified atom stereocenters. The minimum atomic E-state index is -0.0546. The third-order valence-corrected chi connectivity index (χ3v) is 4.44. The van der Waals surface area contributed by atoms with Gasteiger partial charge in [0.15, 0.2) is 0 Å². The summed E-state index contributed by atoms with van der Waals surface area (Å²) in [6.45, 7) is 5.83. The highest BCUT2D eigenvalue weighted by molar-refractivity contribution is 7.12. The number of nitrogens with one attached hydrogen (secondary N) is 2. The molecule has 2 rings (SSSR count). The molecule has 2 N–H and O–H groups in total. The number of rotatable bonds is 5. The quantitative estimate of drug-likeness (QED) is 0.854. The van der Waals surface area contributed by atoms with Crippen LogP contribution in [-0.4, -0.2) is 5.91 Å². The van der Waals surface area contributed by atoms with E-state index < -0.39 is 0 Å². The van der Waals surface area contributed by atoms with Crippen molar-refractivity contribution in [1.82, 2.24) is 0 Å². The second-order valence-electron chi connectivity index (χ2n) is 4.79. The van der Waals surface area contributed by atoms with Crippen molar-refractivity contribution < 1.29 is 4.79 Å². The van der Waals surface area contributed by atoms with Crippen molar-refractivity contribution in [2.75, 3.05) is 10.6 Å². The highest BCUT2D eigenvalue weighted by atomic mass is 32.1. The van der Waals surface area contributed by atoms with Crippen molar-refractivity contribution in [3.63, 3.8) is 0 Å². The number of hydrogen-bond acceptors (Lipinski definition) is 3. The maximum Gasteiger partial charge on any atom is 0.221 e. The van der Waals surface area contributed by atoms with Crippen molar-refractivity contribution in [3.05, 3.63) is 46.2 Å². The molecule has 2 aromatic rings. The van der Waals surface area contributed by atoms with Crippen LogP contribution < -0.4 is 10.6 Å². The minimum Gasteiger partial charge on any atom is -0.378 e. The Balaban J connectivity index is 2.07. The van der Waals surface area contributed by atoms with Gasteiger partial charge in [-0.1, -0.05) is 13.0 Å². The van der Waals surface area contributed by atoms with E-state index in [2.05, 4.69) is 36.6 Å². The Hall–Kier alpha value is -1.81. The normalized spacial score (nSPS) is 11.9. The number of hydrogen-bond donors (Lipinski definition) is 2. The molecule has 1 amide bonds. The zero-order valence-electron chi connectivity index (χ0n) is 12.1. The van der Waals surface area contributed by atoms with E-state index in [1.807, 2.05) is 35.6 Å². The topological polar surface area (TPSA) is 41.1 Å². The van der Waals surface area contributed by atoms with Crippen molar-refractivity contribution in [2.45, 2.75) is 33.2 Å². The first-order valence-electron chi connectivity index (χ1n) is 6.81. The van der Waals surface area contributed by atoms with E-state index in [4.69, 9.17) is 0 Å². The second kappa shape index (κ2) is 6.57. The summed E-state index contributed by atoms with van der Waals surface area (Å²) in [5.74, 6) is -0.0546.